The second-order valence-electron chi connectivity index (χ2n) is 4.40. The van der Waals surface area contributed by atoms with Gasteiger partial charge in [-0.15, -0.1) is 0 Å². The maximum Gasteiger partial charge on any atom is 0.244 e. The number of nitrogens with zero attached hydrogens (tertiary/aromatic N) is 1. The fraction of sp³-hybridized carbons (Fsp3) is 0.385. The molecule has 1 aromatic carbocycles. The van der Waals surface area contributed by atoms with E-state index in [0.717, 1.165) is 15.7 Å². The Kier molecular flexibility index (Phi) is 4.95. The number of likely N-dealkylation sites (N-methyl/N-ethyl adjacent to an activating group) is 1. The standard InChI is InChI=1S/C13H16BrN3O2S/c1-16-13(18)10-7-19-6-5-17(10)9-4-2-3-8(14)11(9)12(15)20/h2-4,10H,5-7H2,1H3,(H2,15,20)(H,16,18). The number of thiocarbonyl (C=S) groups is 1. The molecular weight excluding hydrogens is 342 g/mol. The summed E-state index contributed by atoms with van der Waals surface area (Å²) in [7, 11) is 1.62. The van der Waals surface area contributed by atoms with Gasteiger partial charge in [-0.3, -0.25) is 4.79 Å². The Morgan fingerprint density at radius 1 is 1.60 bits per heavy atom. The predicted molar refractivity (Wildman–Crippen MR) is 86.0 cm³/mol. The highest BCUT2D eigenvalue weighted by Crippen LogP contribution is 2.30. The van der Waals surface area contributed by atoms with Crippen LogP contribution in [0.2, 0.25) is 0 Å². The molecule has 5 nitrogen and oxygen atoms in total. The number of rotatable bonds is 3. The molecule has 0 spiro atoms. The first kappa shape index (κ1) is 15.2. The Morgan fingerprint density at radius 3 is 3.00 bits per heavy atom. The van der Waals surface area contributed by atoms with E-state index in [0.29, 0.717) is 24.7 Å². The van der Waals surface area contributed by atoms with Crippen LogP contribution in [-0.2, 0) is 9.53 Å². The Hall–Kier alpha value is -1.18. The van der Waals surface area contributed by atoms with Gasteiger partial charge in [-0.1, -0.05) is 18.3 Å². The maximum absolute atomic E-state index is 12.0. The molecular formula is C13H16BrN3O2S. The lowest BCUT2D eigenvalue weighted by atomic mass is 10.1. The summed E-state index contributed by atoms with van der Waals surface area (Å²) in [5.41, 5.74) is 7.42. The van der Waals surface area contributed by atoms with Crippen molar-refractivity contribution in [1.29, 1.82) is 0 Å². The normalized spacial score (nSPS) is 18.7. The summed E-state index contributed by atoms with van der Waals surface area (Å²) >= 11 is 8.59. The minimum Gasteiger partial charge on any atom is -0.389 e. The number of amides is 1. The molecule has 20 heavy (non-hydrogen) atoms. The van der Waals surface area contributed by atoms with Crippen molar-refractivity contribution in [1.82, 2.24) is 5.32 Å². The van der Waals surface area contributed by atoms with Crippen molar-refractivity contribution in [3.8, 4) is 0 Å². The second kappa shape index (κ2) is 6.51. The number of morpholine rings is 1. The van der Waals surface area contributed by atoms with E-state index in [1.54, 1.807) is 7.05 Å². The fourth-order valence-electron chi connectivity index (χ4n) is 2.27. The molecule has 2 rings (SSSR count). The van der Waals surface area contributed by atoms with E-state index < -0.39 is 0 Å². The van der Waals surface area contributed by atoms with E-state index in [1.807, 2.05) is 23.1 Å². The van der Waals surface area contributed by atoms with Crippen molar-refractivity contribution in [2.75, 3.05) is 31.7 Å². The molecule has 0 aromatic heterocycles. The SMILES string of the molecule is CNC(=O)C1COCCN1c1cccc(Br)c1C(N)=S. The largest absolute Gasteiger partial charge is 0.389 e. The number of ether oxygens (including phenoxy) is 1. The zero-order valence-electron chi connectivity index (χ0n) is 11.1. The minimum absolute atomic E-state index is 0.0847. The van der Waals surface area contributed by atoms with Gasteiger partial charge in [0.25, 0.3) is 0 Å². The van der Waals surface area contributed by atoms with Gasteiger partial charge in [0.1, 0.15) is 11.0 Å². The first-order valence-corrected chi connectivity index (χ1v) is 7.40. The van der Waals surface area contributed by atoms with Gasteiger partial charge in [0, 0.05) is 29.3 Å². The Labute approximate surface area is 131 Å². The van der Waals surface area contributed by atoms with Crippen LogP contribution in [0, 0.1) is 0 Å². The smallest absolute Gasteiger partial charge is 0.244 e. The first-order valence-electron chi connectivity index (χ1n) is 6.20. The van der Waals surface area contributed by atoms with Crippen molar-refractivity contribution in [2.24, 2.45) is 5.73 Å². The van der Waals surface area contributed by atoms with Gasteiger partial charge in [0.15, 0.2) is 0 Å². The van der Waals surface area contributed by atoms with Crippen LogP contribution in [0.1, 0.15) is 5.56 Å². The number of nitrogens with one attached hydrogen (secondary N) is 1. The molecule has 0 radical (unpaired) electrons. The lowest BCUT2D eigenvalue weighted by Crippen LogP contribution is -2.53. The number of hydrogen-bond acceptors (Lipinski definition) is 4. The predicted octanol–water partition coefficient (Wildman–Crippen LogP) is 1.03. The van der Waals surface area contributed by atoms with Gasteiger partial charge in [-0.25, -0.2) is 0 Å². The summed E-state index contributed by atoms with van der Waals surface area (Å²) in [6.07, 6.45) is 0. The van der Waals surface area contributed by atoms with Crippen LogP contribution in [0.15, 0.2) is 22.7 Å². The number of hydrogen-bond donors (Lipinski definition) is 2. The molecule has 1 amide bonds. The topological polar surface area (TPSA) is 67.6 Å². The average Bonchev–Trinajstić information content (AvgIpc) is 2.45. The van der Waals surface area contributed by atoms with Gasteiger partial charge in [-0.2, -0.15) is 0 Å². The summed E-state index contributed by atoms with van der Waals surface area (Å²) in [4.78, 5) is 14.3. The molecule has 0 aliphatic carbocycles. The average molecular weight is 358 g/mol. The Bertz CT molecular complexity index is 538. The highest BCUT2D eigenvalue weighted by Gasteiger charge is 2.31. The molecule has 108 valence electrons. The van der Waals surface area contributed by atoms with Crippen LogP contribution < -0.4 is 16.0 Å². The molecule has 1 aromatic rings. The van der Waals surface area contributed by atoms with Crippen LogP contribution in [0.25, 0.3) is 0 Å². The summed E-state index contributed by atoms with van der Waals surface area (Å²) in [5, 5.41) is 2.66. The number of benzene rings is 1. The molecule has 0 bridgehead atoms. The zero-order valence-corrected chi connectivity index (χ0v) is 13.5. The molecule has 1 aliphatic rings. The van der Waals surface area contributed by atoms with E-state index in [9.17, 15) is 4.79 Å². The zero-order chi connectivity index (χ0) is 14.7. The minimum atomic E-state index is -0.379. The number of anilines is 1. The molecule has 7 heteroatoms. The van der Waals surface area contributed by atoms with E-state index >= 15 is 0 Å². The van der Waals surface area contributed by atoms with Crippen LogP contribution in [0.3, 0.4) is 0 Å². The third-order valence-corrected chi connectivity index (χ3v) is 4.09. The van der Waals surface area contributed by atoms with E-state index in [4.69, 9.17) is 22.7 Å². The Balaban J connectivity index is 2.45. The molecule has 1 atom stereocenters. The van der Waals surface area contributed by atoms with E-state index in [-0.39, 0.29) is 11.9 Å². The van der Waals surface area contributed by atoms with Crippen molar-refractivity contribution >= 4 is 44.7 Å². The van der Waals surface area contributed by atoms with Crippen LogP contribution in [0.5, 0.6) is 0 Å². The molecule has 1 unspecified atom stereocenters. The number of carbonyl (C=O) groups is 1. The summed E-state index contributed by atoms with van der Waals surface area (Å²) in [6.45, 7) is 1.53. The number of carbonyl (C=O) groups excluding carboxylic acids is 1. The highest BCUT2D eigenvalue weighted by molar-refractivity contribution is 9.10. The van der Waals surface area contributed by atoms with Crippen LogP contribution >= 0.6 is 28.1 Å². The quantitative estimate of drug-likeness (QED) is 0.791. The summed E-state index contributed by atoms with van der Waals surface area (Å²) < 4.78 is 6.23. The third kappa shape index (κ3) is 2.94. The maximum atomic E-state index is 12.0. The molecule has 0 saturated carbocycles. The van der Waals surface area contributed by atoms with E-state index in [1.165, 1.54) is 0 Å². The molecule has 1 heterocycles. The van der Waals surface area contributed by atoms with Gasteiger partial charge in [-0.05, 0) is 28.1 Å². The lowest BCUT2D eigenvalue weighted by molar-refractivity contribution is -0.124. The first-order chi connectivity index (χ1) is 9.56. The van der Waals surface area contributed by atoms with Crippen molar-refractivity contribution in [3.63, 3.8) is 0 Å². The van der Waals surface area contributed by atoms with Gasteiger partial charge in [0.2, 0.25) is 5.91 Å². The molecule has 1 saturated heterocycles. The second-order valence-corrected chi connectivity index (χ2v) is 5.69. The van der Waals surface area contributed by atoms with Crippen molar-refractivity contribution < 1.29 is 9.53 Å². The van der Waals surface area contributed by atoms with Crippen LogP contribution in [0.4, 0.5) is 5.69 Å². The highest BCUT2D eigenvalue weighted by atomic mass is 79.9. The van der Waals surface area contributed by atoms with Crippen molar-refractivity contribution in [2.45, 2.75) is 6.04 Å². The van der Waals surface area contributed by atoms with Gasteiger partial charge >= 0.3 is 0 Å². The summed E-state index contributed by atoms with van der Waals surface area (Å²) in [6, 6.07) is 5.32. The van der Waals surface area contributed by atoms with Gasteiger partial charge < -0.3 is 20.7 Å². The van der Waals surface area contributed by atoms with Crippen LogP contribution in [-0.4, -0.2) is 43.7 Å². The third-order valence-electron chi connectivity index (χ3n) is 3.22. The van der Waals surface area contributed by atoms with Gasteiger partial charge in [0.05, 0.1) is 13.2 Å². The molecule has 1 aliphatic heterocycles. The lowest BCUT2D eigenvalue weighted by Gasteiger charge is -2.37. The Morgan fingerprint density at radius 2 is 2.35 bits per heavy atom. The monoisotopic (exact) mass is 357 g/mol. The summed E-state index contributed by atoms with van der Waals surface area (Å²) in [5.74, 6) is -0.0847. The number of nitrogens with two attached hydrogens (primary N) is 1. The van der Waals surface area contributed by atoms with E-state index in [2.05, 4.69) is 21.2 Å². The molecule has 1 fully saturated rings. The molecule has 3 N–H and O–H groups in total. The number of halogens is 1. The van der Waals surface area contributed by atoms with Crippen molar-refractivity contribution in [3.05, 3.63) is 28.2 Å². The fourth-order valence-corrected chi connectivity index (χ4v) is 3.19.